The minimum Gasteiger partial charge on any atom is -0.338 e. The highest BCUT2D eigenvalue weighted by Gasteiger charge is 2.51. The molecule has 0 spiro atoms. The van der Waals surface area contributed by atoms with Crippen LogP contribution in [0.15, 0.2) is 18.2 Å². The number of nitro benzene ring substituents is 1. The van der Waals surface area contributed by atoms with Crippen LogP contribution in [0.5, 0.6) is 0 Å². The first-order valence-electron chi connectivity index (χ1n) is 10.4. The molecule has 0 radical (unpaired) electrons. The summed E-state index contributed by atoms with van der Waals surface area (Å²) < 4.78 is 0. The van der Waals surface area contributed by atoms with Gasteiger partial charge in [-0.2, -0.15) is 0 Å². The Morgan fingerprint density at radius 3 is 2.34 bits per heavy atom. The fourth-order valence-electron chi connectivity index (χ4n) is 6.01. The van der Waals surface area contributed by atoms with Gasteiger partial charge in [0.15, 0.2) is 0 Å². The van der Waals surface area contributed by atoms with Crippen LogP contribution in [0.4, 0.5) is 16.2 Å². The fraction of sp³-hybridized carbons (Fsp3) is 0.619. The topological polar surface area (TPSA) is 113 Å². The second-order valence-corrected chi connectivity index (χ2v) is 9.08. The molecule has 1 aromatic carbocycles. The lowest BCUT2D eigenvalue weighted by molar-refractivity contribution is -0.385. The van der Waals surface area contributed by atoms with Crippen LogP contribution in [0.25, 0.3) is 0 Å². The van der Waals surface area contributed by atoms with Crippen LogP contribution in [0.1, 0.15) is 50.5 Å². The Labute approximate surface area is 170 Å². The highest BCUT2D eigenvalue weighted by Crippen LogP contribution is 2.55. The molecule has 4 aliphatic rings. The van der Waals surface area contributed by atoms with E-state index in [4.69, 9.17) is 0 Å². The maximum absolute atomic E-state index is 12.4. The smallest absolute Gasteiger partial charge is 0.315 e. The largest absolute Gasteiger partial charge is 0.338 e. The highest BCUT2D eigenvalue weighted by atomic mass is 16.6. The lowest BCUT2D eigenvalue weighted by Crippen LogP contribution is -2.61. The zero-order chi connectivity index (χ0) is 20.6. The summed E-state index contributed by atoms with van der Waals surface area (Å²) in [5.74, 6) is 1.98. The summed E-state index contributed by atoms with van der Waals surface area (Å²) in [6, 6.07) is 4.37. The Kier molecular flexibility index (Phi) is 5.19. The monoisotopic (exact) mass is 400 g/mol. The molecule has 0 aromatic heterocycles. The lowest BCUT2D eigenvalue weighted by atomic mass is 9.53. The molecule has 8 heteroatoms. The van der Waals surface area contributed by atoms with Gasteiger partial charge in [-0.05, 0) is 69.3 Å². The van der Waals surface area contributed by atoms with E-state index in [2.05, 4.69) is 16.0 Å². The Morgan fingerprint density at radius 1 is 1.14 bits per heavy atom. The number of hydrogen-bond donors (Lipinski definition) is 3. The molecule has 4 saturated carbocycles. The molecule has 0 aliphatic heterocycles. The standard InChI is InChI=1S/C21H28N4O4/c1-13-17(3-2-4-18(13)25(28)29)23-19(26)5-6-22-20(27)24-21-10-14-7-15(11-21)9-16(8-14)12-21/h2-4,14-16H,5-12H2,1H3,(H,23,26)(H2,22,24,27). The van der Waals surface area contributed by atoms with Crippen LogP contribution < -0.4 is 16.0 Å². The number of hydrogen-bond acceptors (Lipinski definition) is 4. The van der Waals surface area contributed by atoms with Crippen molar-refractivity contribution in [2.45, 2.75) is 57.4 Å². The van der Waals surface area contributed by atoms with Gasteiger partial charge in [-0.15, -0.1) is 0 Å². The molecule has 29 heavy (non-hydrogen) atoms. The zero-order valence-corrected chi connectivity index (χ0v) is 16.7. The molecule has 156 valence electrons. The number of carbonyl (C=O) groups excluding carboxylic acids is 2. The van der Waals surface area contributed by atoms with Gasteiger partial charge in [-0.3, -0.25) is 14.9 Å². The van der Waals surface area contributed by atoms with Gasteiger partial charge in [0.1, 0.15) is 0 Å². The van der Waals surface area contributed by atoms with Gasteiger partial charge in [0.05, 0.1) is 16.2 Å². The molecule has 4 bridgehead atoms. The van der Waals surface area contributed by atoms with Crippen molar-refractivity contribution in [3.63, 3.8) is 0 Å². The predicted octanol–water partition coefficient (Wildman–Crippen LogP) is 3.50. The number of nitrogens with one attached hydrogen (secondary N) is 3. The third-order valence-electron chi connectivity index (χ3n) is 6.83. The summed E-state index contributed by atoms with van der Waals surface area (Å²) in [4.78, 5) is 35.1. The first kappa shape index (κ1) is 19.7. The molecule has 4 fully saturated rings. The maximum atomic E-state index is 12.4. The minimum absolute atomic E-state index is 0.0316. The minimum atomic E-state index is -0.471. The summed E-state index contributed by atoms with van der Waals surface area (Å²) in [5.41, 5.74) is 0.748. The van der Waals surface area contributed by atoms with Crippen molar-refractivity contribution < 1.29 is 14.5 Å². The molecule has 4 aliphatic carbocycles. The molecular weight excluding hydrogens is 372 g/mol. The second-order valence-electron chi connectivity index (χ2n) is 9.08. The van der Waals surface area contributed by atoms with Gasteiger partial charge < -0.3 is 16.0 Å². The number of rotatable bonds is 6. The van der Waals surface area contributed by atoms with E-state index in [1.54, 1.807) is 13.0 Å². The van der Waals surface area contributed by atoms with Crippen molar-refractivity contribution in [3.05, 3.63) is 33.9 Å². The normalized spacial score (nSPS) is 29.3. The summed E-state index contributed by atoms with van der Waals surface area (Å²) >= 11 is 0. The van der Waals surface area contributed by atoms with E-state index in [1.807, 2.05) is 0 Å². The molecule has 5 rings (SSSR count). The fourth-order valence-corrected chi connectivity index (χ4v) is 6.01. The molecule has 3 N–H and O–H groups in total. The van der Waals surface area contributed by atoms with Crippen LogP contribution in [0, 0.1) is 34.8 Å². The van der Waals surface area contributed by atoms with Gasteiger partial charge in [0.2, 0.25) is 5.91 Å². The Bertz CT molecular complexity index is 803. The second kappa shape index (κ2) is 7.65. The van der Waals surface area contributed by atoms with Crippen molar-refractivity contribution in [3.8, 4) is 0 Å². The van der Waals surface area contributed by atoms with Gasteiger partial charge in [-0.25, -0.2) is 4.79 Å². The van der Waals surface area contributed by atoms with E-state index < -0.39 is 4.92 Å². The number of benzene rings is 1. The number of nitrogens with zero attached hydrogens (tertiary/aromatic N) is 1. The summed E-state index contributed by atoms with van der Waals surface area (Å²) in [6.45, 7) is 1.82. The van der Waals surface area contributed by atoms with E-state index >= 15 is 0 Å². The third kappa shape index (κ3) is 4.21. The first-order chi connectivity index (χ1) is 13.8. The van der Waals surface area contributed by atoms with Crippen LogP contribution in [0.2, 0.25) is 0 Å². The van der Waals surface area contributed by atoms with E-state index in [0.29, 0.717) is 11.3 Å². The van der Waals surface area contributed by atoms with E-state index in [0.717, 1.165) is 37.0 Å². The summed E-state index contributed by atoms with van der Waals surface area (Å²) in [5, 5.41) is 19.7. The van der Waals surface area contributed by atoms with Crippen molar-refractivity contribution in [2.75, 3.05) is 11.9 Å². The maximum Gasteiger partial charge on any atom is 0.315 e. The average Bonchev–Trinajstić information content (AvgIpc) is 2.61. The van der Waals surface area contributed by atoms with Crippen molar-refractivity contribution in [2.24, 2.45) is 17.8 Å². The number of urea groups is 1. The molecule has 0 saturated heterocycles. The van der Waals surface area contributed by atoms with E-state index in [1.165, 1.54) is 31.4 Å². The molecule has 0 unspecified atom stereocenters. The van der Waals surface area contributed by atoms with Crippen molar-refractivity contribution in [1.29, 1.82) is 0 Å². The van der Waals surface area contributed by atoms with Gasteiger partial charge in [-0.1, -0.05) is 6.07 Å². The lowest BCUT2D eigenvalue weighted by Gasteiger charge is -2.56. The third-order valence-corrected chi connectivity index (χ3v) is 6.83. The molecule has 3 amide bonds. The predicted molar refractivity (Wildman–Crippen MR) is 109 cm³/mol. The van der Waals surface area contributed by atoms with E-state index in [-0.39, 0.29) is 36.1 Å². The Hall–Kier alpha value is -2.64. The first-order valence-corrected chi connectivity index (χ1v) is 10.4. The molecule has 0 atom stereocenters. The Morgan fingerprint density at radius 2 is 1.76 bits per heavy atom. The number of amides is 3. The molecule has 8 nitrogen and oxygen atoms in total. The Balaban J connectivity index is 1.24. The van der Waals surface area contributed by atoms with E-state index in [9.17, 15) is 19.7 Å². The van der Waals surface area contributed by atoms with Crippen molar-refractivity contribution >= 4 is 23.3 Å². The van der Waals surface area contributed by atoms with Crippen LogP contribution in [-0.2, 0) is 4.79 Å². The quantitative estimate of drug-likeness (QED) is 0.501. The molecular formula is C21H28N4O4. The van der Waals surface area contributed by atoms with Crippen LogP contribution >= 0.6 is 0 Å². The number of anilines is 1. The highest BCUT2D eigenvalue weighted by molar-refractivity contribution is 5.92. The van der Waals surface area contributed by atoms with Gasteiger partial charge in [0.25, 0.3) is 5.69 Å². The summed E-state index contributed by atoms with van der Waals surface area (Å²) in [6.07, 6.45) is 7.31. The number of carbonyl (C=O) groups is 2. The van der Waals surface area contributed by atoms with Crippen molar-refractivity contribution in [1.82, 2.24) is 10.6 Å². The van der Waals surface area contributed by atoms with Gasteiger partial charge >= 0.3 is 6.03 Å². The average molecular weight is 400 g/mol. The van der Waals surface area contributed by atoms with Gasteiger partial charge in [0, 0.05) is 24.6 Å². The molecule has 0 heterocycles. The summed E-state index contributed by atoms with van der Waals surface area (Å²) in [7, 11) is 0. The zero-order valence-electron chi connectivity index (χ0n) is 16.7. The van der Waals surface area contributed by atoms with Crippen LogP contribution in [-0.4, -0.2) is 28.9 Å². The molecule has 1 aromatic rings. The SMILES string of the molecule is Cc1c(NC(=O)CCNC(=O)NC23CC4CC(CC(C4)C2)C3)cccc1[N+](=O)[O-]. The number of nitro groups is 1. The van der Waals surface area contributed by atoms with Crippen LogP contribution in [0.3, 0.4) is 0 Å².